The number of nitrogens with zero attached hydrogens (tertiary/aromatic N) is 1. The molecule has 0 saturated carbocycles. The number of nitrogens with two attached hydrogens (primary N) is 1. The molecular weight excluding hydrogens is 372 g/mol. The van der Waals surface area contributed by atoms with E-state index in [0.717, 1.165) is 0 Å². The number of cyclic esters (lactones) is 1. The number of esters is 1. The summed E-state index contributed by atoms with van der Waals surface area (Å²) in [6.45, 7) is -0.340. The van der Waals surface area contributed by atoms with E-state index in [1.165, 1.54) is 13.2 Å². The van der Waals surface area contributed by atoms with E-state index in [2.05, 4.69) is 4.99 Å². The molecule has 3 rings (SSSR count). The maximum absolute atomic E-state index is 12.1. The van der Waals surface area contributed by atoms with Crippen molar-refractivity contribution in [2.75, 3.05) is 13.7 Å². The zero-order valence-corrected chi connectivity index (χ0v) is 15.0. The van der Waals surface area contributed by atoms with Gasteiger partial charge in [-0.05, 0) is 35.9 Å². The smallest absolute Gasteiger partial charge is 0.363 e. The van der Waals surface area contributed by atoms with Gasteiger partial charge in [0.05, 0.1) is 12.1 Å². The molecule has 138 valence electrons. The quantitative estimate of drug-likeness (QED) is 0.607. The highest BCUT2D eigenvalue weighted by Crippen LogP contribution is 2.37. The Balaban J connectivity index is 1.92. The minimum absolute atomic E-state index is 0.123. The van der Waals surface area contributed by atoms with Crippen molar-refractivity contribution in [3.63, 3.8) is 0 Å². The highest BCUT2D eigenvalue weighted by molar-refractivity contribution is 6.32. The number of methoxy groups -OCH3 is 1. The van der Waals surface area contributed by atoms with Gasteiger partial charge in [-0.1, -0.05) is 29.8 Å². The Labute approximate surface area is 160 Å². The molecule has 1 aliphatic heterocycles. The van der Waals surface area contributed by atoms with Crippen molar-refractivity contribution in [3.8, 4) is 11.5 Å². The van der Waals surface area contributed by atoms with Crippen molar-refractivity contribution in [3.05, 3.63) is 64.3 Å². The number of primary amides is 1. The summed E-state index contributed by atoms with van der Waals surface area (Å²) < 4.78 is 15.7. The molecule has 8 heteroatoms. The molecule has 0 aromatic heterocycles. The van der Waals surface area contributed by atoms with Crippen LogP contribution >= 0.6 is 11.6 Å². The second kappa shape index (κ2) is 7.92. The lowest BCUT2D eigenvalue weighted by molar-refractivity contribution is -0.130. The molecule has 1 aliphatic rings. The molecular formula is C19H15ClN2O5. The number of carbonyl (C=O) groups excluding carboxylic acids is 2. The Morgan fingerprint density at radius 1 is 1.30 bits per heavy atom. The molecule has 2 aromatic rings. The van der Waals surface area contributed by atoms with Crippen LogP contribution in [0.25, 0.3) is 6.08 Å². The van der Waals surface area contributed by atoms with Crippen LogP contribution in [0, 0.1) is 0 Å². The number of rotatable bonds is 6. The Morgan fingerprint density at radius 2 is 2.04 bits per heavy atom. The average Bonchev–Trinajstić information content (AvgIpc) is 3.01. The fraction of sp³-hybridized carbons (Fsp3) is 0.105. The first-order chi connectivity index (χ1) is 13.0. The molecule has 0 fully saturated rings. The van der Waals surface area contributed by atoms with Crippen LogP contribution in [0.1, 0.15) is 11.1 Å². The molecule has 27 heavy (non-hydrogen) atoms. The molecule has 0 radical (unpaired) electrons. The van der Waals surface area contributed by atoms with Crippen LogP contribution in [-0.2, 0) is 14.3 Å². The Bertz CT molecular complexity index is 954. The van der Waals surface area contributed by atoms with E-state index in [1.807, 2.05) is 18.2 Å². The van der Waals surface area contributed by atoms with E-state index in [1.54, 1.807) is 24.3 Å². The van der Waals surface area contributed by atoms with E-state index in [4.69, 9.17) is 31.5 Å². The number of hydrogen-bond donors (Lipinski definition) is 1. The summed E-state index contributed by atoms with van der Waals surface area (Å²) in [5.41, 5.74) is 6.44. The van der Waals surface area contributed by atoms with E-state index in [0.29, 0.717) is 11.1 Å². The Morgan fingerprint density at radius 3 is 2.70 bits per heavy atom. The van der Waals surface area contributed by atoms with E-state index in [-0.39, 0.29) is 34.7 Å². The number of halogens is 1. The van der Waals surface area contributed by atoms with Gasteiger partial charge in [0.2, 0.25) is 5.90 Å². The van der Waals surface area contributed by atoms with Crippen LogP contribution in [0.2, 0.25) is 5.02 Å². The van der Waals surface area contributed by atoms with E-state index in [9.17, 15) is 9.59 Å². The number of ether oxygens (including phenoxy) is 3. The molecule has 0 atom stereocenters. The zero-order chi connectivity index (χ0) is 19.4. The number of amides is 1. The molecule has 2 aromatic carbocycles. The monoisotopic (exact) mass is 386 g/mol. The third-order valence-electron chi connectivity index (χ3n) is 3.56. The largest absolute Gasteiger partial charge is 0.493 e. The summed E-state index contributed by atoms with van der Waals surface area (Å²) in [5, 5.41) is 0.195. The maximum Gasteiger partial charge on any atom is 0.363 e. The summed E-state index contributed by atoms with van der Waals surface area (Å²) in [6.07, 6.45) is 1.52. The number of aliphatic imine (C=N–C) groups is 1. The lowest BCUT2D eigenvalue weighted by atomic mass is 10.1. The van der Waals surface area contributed by atoms with Crippen LogP contribution in [0.3, 0.4) is 0 Å². The van der Waals surface area contributed by atoms with Crippen molar-refractivity contribution in [2.45, 2.75) is 0 Å². The van der Waals surface area contributed by atoms with Crippen molar-refractivity contribution in [2.24, 2.45) is 10.7 Å². The molecule has 0 unspecified atom stereocenters. The zero-order valence-electron chi connectivity index (χ0n) is 14.3. The number of benzene rings is 2. The van der Waals surface area contributed by atoms with E-state index >= 15 is 0 Å². The highest BCUT2D eigenvalue weighted by atomic mass is 35.5. The van der Waals surface area contributed by atoms with Crippen LogP contribution < -0.4 is 15.2 Å². The summed E-state index contributed by atoms with van der Waals surface area (Å²) in [4.78, 5) is 27.2. The van der Waals surface area contributed by atoms with Gasteiger partial charge in [-0.15, -0.1) is 0 Å². The molecule has 0 spiro atoms. The van der Waals surface area contributed by atoms with Crippen molar-refractivity contribution >= 4 is 35.5 Å². The normalized spacial score (nSPS) is 14.7. The van der Waals surface area contributed by atoms with Crippen LogP contribution in [-0.4, -0.2) is 31.5 Å². The standard InChI is InChI=1S/C19H15ClN2O5/c1-25-15-9-11(7-13(20)17(15)26-10-16(21)23)8-14-19(24)27-18(22-14)12-5-3-2-4-6-12/h2-9H,10H2,1H3,(H2,21,23)/b14-8-. The van der Waals surface area contributed by atoms with Gasteiger partial charge in [-0.25, -0.2) is 9.79 Å². The van der Waals surface area contributed by atoms with Gasteiger partial charge in [0.25, 0.3) is 5.91 Å². The predicted molar refractivity (Wildman–Crippen MR) is 99.7 cm³/mol. The third-order valence-corrected chi connectivity index (χ3v) is 3.84. The van der Waals surface area contributed by atoms with Crippen molar-refractivity contribution in [1.82, 2.24) is 0 Å². The molecule has 1 amide bonds. The minimum atomic E-state index is -0.643. The third kappa shape index (κ3) is 4.27. The maximum atomic E-state index is 12.1. The molecule has 1 heterocycles. The van der Waals surface area contributed by atoms with Crippen LogP contribution in [0.15, 0.2) is 53.2 Å². The number of hydrogen-bond acceptors (Lipinski definition) is 6. The summed E-state index contributed by atoms with van der Waals surface area (Å²) in [5.74, 6) is -0.517. The summed E-state index contributed by atoms with van der Waals surface area (Å²) >= 11 is 6.20. The molecule has 2 N–H and O–H groups in total. The van der Waals surface area contributed by atoms with E-state index < -0.39 is 11.9 Å². The first kappa shape index (κ1) is 18.5. The van der Waals surface area contributed by atoms with Gasteiger partial charge in [0.1, 0.15) is 0 Å². The summed E-state index contributed by atoms with van der Waals surface area (Å²) in [6, 6.07) is 12.2. The van der Waals surface area contributed by atoms with Crippen LogP contribution in [0.4, 0.5) is 0 Å². The fourth-order valence-electron chi connectivity index (χ4n) is 2.38. The average molecular weight is 387 g/mol. The van der Waals surface area contributed by atoms with Gasteiger partial charge >= 0.3 is 5.97 Å². The van der Waals surface area contributed by atoms with Gasteiger partial charge in [-0.2, -0.15) is 0 Å². The van der Waals surface area contributed by atoms with Crippen LogP contribution in [0.5, 0.6) is 11.5 Å². The fourth-order valence-corrected chi connectivity index (χ4v) is 2.65. The van der Waals surface area contributed by atoms with Gasteiger partial charge in [0.15, 0.2) is 23.8 Å². The molecule has 7 nitrogen and oxygen atoms in total. The molecule has 0 bridgehead atoms. The van der Waals surface area contributed by atoms with Gasteiger partial charge < -0.3 is 19.9 Å². The van der Waals surface area contributed by atoms with Gasteiger partial charge in [0, 0.05) is 5.56 Å². The lowest BCUT2D eigenvalue weighted by Gasteiger charge is -2.12. The Hall–Kier alpha value is -3.32. The van der Waals surface area contributed by atoms with Gasteiger partial charge in [-0.3, -0.25) is 4.79 Å². The molecule has 0 saturated heterocycles. The minimum Gasteiger partial charge on any atom is -0.493 e. The second-order valence-corrected chi connectivity index (χ2v) is 5.90. The highest BCUT2D eigenvalue weighted by Gasteiger charge is 2.24. The first-order valence-electron chi connectivity index (χ1n) is 7.84. The van der Waals surface area contributed by atoms with Crippen molar-refractivity contribution in [1.29, 1.82) is 0 Å². The first-order valence-corrected chi connectivity index (χ1v) is 8.22. The second-order valence-electron chi connectivity index (χ2n) is 5.49. The Kier molecular flexibility index (Phi) is 5.42. The molecule has 0 aliphatic carbocycles. The lowest BCUT2D eigenvalue weighted by Crippen LogP contribution is -2.20. The summed E-state index contributed by atoms with van der Waals surface area (Å²) in [7, 11) is 1.43. The predicted octanol–water partition coefficient (Wildman–Crippen LogP) is 2.56. The number of carbonyl (C=O) groups is 2. The topological polar surface area (TPSA) is 100 Å². The SMILES string of the molecule is COc1cc(/C=C2\N=C(c3ccccc3)OC2=O)cc(Cl)c1OCC(N)=O. The van der Waals surface area contributed by atoms with Crippen molar-refractivity contribution < 1.29 is 23.8 Å².